The highest BCUT2D eigenvalue weighted by molar-refractivity contribution is 5.75. The van der Waals surface area contributed by atoms with Crippen molar-refractivity contribution in [2.75, 3.05) is 36.4 Å². The molecule has 0 bridgehead atoms. The van der Waals surface area contributed by atoms with E-state index in [1.807, 2.05) is 39.0 Å². The SMILES string of the molecule is CC=CN1CCN(c2ccc([C@H](C)Nc3ncc4ccc(=O)n([C@@H](C)C(C)C)c4n3)cc2F)CC1. The second-order valence-corrected chi connectivity index (χ2v) is 9.58. The first-order valence-corrected chi connectivity index (χ1v) is 12.3. The number of fused-ring (bicyclic) bond motifs is 1. The molecule has 0 aliphatic carbocycles. The molecule has 4 rings (SSSR count). The van der Waals surface area contributed by atoms with Crippen molar-refractivity contribution in [3.8, 4) is 0 Å². The standard InChI is InChI=1S/C27H35FN6O/c1-6-11-32-12-14-33(15-13-32)24-9-7-21(16-23(24)28)19(4)30-27-29-17-22-8-10-25(35)34(26(22)31-27)20(5)18(2)3/h6-11,16-20H,12-15H2,1-5H3,(H,29,30,31)/t19-,20-/m0/s1. The van der Waals surface area contributed by atoms with Crippen LogP contribution in [0.5, 0.6) is 0 Å². The molecule has 1 aliphatic rings. The van der Waals surface area contributed by atoms with Crippen LogP contribution >= 0.6 is 0 Å². The van der Waals surface area contributed by atoms with Gasteiger partial charge >= 0.3 is 0 Å². The molecule has 0 radical (unpaired) electrons. The zero-order valence-electron chi connectivity index (χ0n) is 21.2. The number of nitrogens with one attached hydrogen (secondary N) is 1. The van der Waals surface area contributed by atoms with Gasteiger partial charge in [-0.2, -0.15) is 4.98 Å². The van der Waals surface area contributed by atoms with Crippen molar-refractivity contribution in [2.24, 2.45) is 5.92 Å². The van der Waals surface area contributed by atoms with Gasteiger partial charge in [-0.1, -0.05) is 26.0 Å². The molecule has 3 heterocycles. The summed E-state index contributed by atoms with van der Waals surface area (Å²) in [5.74, 6) is 0.454. The van der Waals surface area contributed by atoms with Crippen molar-refractivity contribution in [1.29, 1.82) is 0 Å². The predicted octanol–water partition coefficient (Wildman–Crippen LogP) is 4.98. The van der Waals surface area contributed by atoms with Gasteiger partial charge in [0.15, 0.2) is 0 Å². The second kappa shape index (κ2) is 10.5. The number of rotatable bonds is 7. The fraction of sp³-hybridized carbons (Fsp3) is 0.444. The van der Waals surface area contributed by atoms with E-state index in [2.05, 4.69) is 45.1 Å². The number of nitrogens with zero attached hydrogens (tertiary/aromatic N) is 5. The van der Waals surface area contributed by atoms with Crippen molar-refractivity contribution in [3.63, 3.8) is 0 Å². The van der Waals surface area contributed by atoms with Crippen LogP contribution in [0.25, 0.3) is 11.0 Å². The lowest BCUT2D eigenvalue weighted by molar-refractivity contribution is 0.347. The summed E-state index contributed by atoms with van der Waals surface area (Å²) in [5, 5.41) is 4.08. The Hall–Kier alpha value is -3.42. The number of hydrogen-bond donors (Lipinski definition) is 1. The predicted molar refractivity (Wildman–Crippen MR) is 140 cm³/mol. The number of hydrogen-bond acceptors (Lipinski definition) is 6. The first-order chi connectivity index (χ1) is 16.8. The van der Waals surface area contributed by atoms with Gasteiger partial charge in [0.05, 0.1) is 11.7 Å². The minimum atomic E-state index is -0.227. The lowest BCUT2D eigenvalue weighted by atomic mass is 10.1. The largest absolute Gasteiger partial charge is 0.374 e. The maximum Gasteiger partial charge on any atom is 0.252 e. The van der Waals surface area contributed by atoms with Crippen molar-refractivity contribution in [3.05, 3.63) is 70.5 Å². The molecule has 1 aromatic carbocycles. The summed E-state index contributed by atoms with van der Waals surface area (Å²) in [6.45, 7) is 13.5. The number of aromatic nitrogens is 3. The van der Waals surface area contributed by atoms with Crippen LogP contribution < -0.4 is 15.8 Å². The zero-order chi connectivity index (χ0) is 25.1. The molecular formula is C27H35FN6O. The lowest BCUT2D eigenvalue weighted by Crippen LogP contribution is -2.44. The van der Waals surface area contributed by atoms with Crippen LogP contribution in [-0.4, -0.2) is 45.6 Å². The fourth-order valence-corrected chi connectivity index (χ4v) is 4.45. The van der Waals surface area contributed by atoms with E-state index in [4.69, 9.17) is 0 Å². The average molecular weight is 479 g/mol. The lowest BCUT2D eigenvalue weighted by Gasteiger charge is -2.35. The Labute approximate surface area is 206 Å². The van der Waals surface area contributed by atoms with Crippen LogP contribution in [0, 0.1) is 11.7 Å². The minimum absolute atomic E-state index is 0.00660. The molecule has 2 aromatic heterocycles. The van der Waals surface area contributed by atoms with Crippen LogP contribution in [0.15, 0.2) is 53.6 Å². The summed E-state index contributed by atoms with van der Waals surface area (Å²) >= 11 is 0. The van der Waals surface area contributed by atoms with Gasteiger partial charge < -0.3 is 15.1 Å². The van der Waals surface area contributed by atoms with E-state index in [1.54, 1.807) is 29.0 Å². The van der Waals surface area contributed by atoms with Crippen LogP contribution in [0.3, 0.4) is 0 Å². The van der Waals surface area contributed by atoms with Crippen molar-refractivity contribution < 1.29 is 4.39 Å². The molecule has 186 valence electrons. The molecule has 8 heteroatoms. The summed E-state index contributed by atoms with van der Waals surface area (Å²) < 4.78 is 16.8. The van der Waals surface area contributed by atoms with Gasteiger partial charge in [-0.05, 0) is 56.7 Å². The molecule has 1 saturated heterocycles. The van der Waals surface area contributed by atoms with Crippen LogP contribution in [-0.2, 0) is 0 Å². The molecule has 1 N–H and O–H groups in total. The number of allylic oxidation sites excluding steroid dienone is 1. The van der Waals surface area contributed by atoms with E-state index < -0.39 is 0 Å². The molecule has 35 heavy (non-hydrogen) atoms. The van der Waals surface area contributed by atoms with Crippen molar-refractivity contribution >= 4 is 22.7 Å². The van der Waals surface area contributed by atoms with Crippen LogP contribution in [0.2, 0.25) is 0 Å². The number of anilines is 2. The maximum atomic E-state index is 15.1. The third-order valence-electron chi connectivity index (χ3n) is 6.87. The van der Waals surface area contributed by atoms with E-state index in [1.165, 1.54) is 0 Å². The maximum absolute atomic E-state index is 15.1. The van der Waals surface area contributed by atoms with Gasteiger partial charge in [0.2, 0.25) is 5.95 Å². The summed E-state index contributed by atoms with van der Waals surface area (Å²) in [4.78, 5) is 26.1. The molecule has 0 unspecified atom stereocenters. The zero-order valence-corrected chi connectivity index (χ0v) is 21.2. The monoisotopic (exact) mass is 478 g/mol. The Morgan fingerprint density at radius 1 is 1.06 bits per heavy atom. The number of piperazine rings is 1. The highest BCUT2D eigenvalue weighted by Crippen LogP contribution is 2.27. The molecule has 2 atom stereocenters. The van der Waals surface area contributed by atoms with E-state index in [0.29, 0.717) is 17.3 Å². The summed E-state index contributed by atoms with van der Waals surface area (Å²) in [6.07, 6.45) is 5.84. The van der Waals surface area contributed by atoms with E-state index >= 15 is 4.39 Å². The van der Waals surface area contributed by atoms with Gasteiger partial charge in [-0.15, -0.1) is 0 Å². The Morgan fingerprint density at radius 2 is 1.80 bits per heavy atom. The molecule has 1 fully saturated rings. The number of halogens is 1. The highest BCUT2D eigenvalue weighted by atomic mass is 19.1. The Morgan fingerprint density at radius 3 is 2.46 bits per heavy atom. The Kier molecular flexibility index (Phi) is 7.38. The number of benzene rings is 1. The first kappa shape index (κ1) is 24.7. The molecule has 0 saturated carbocycles. The third kappa shape index (κ3) is 5.31. The van der Waals surface area contributed by atoms with E-state index in [9.17, 15) is 4.79 Å². The van der Waals surface area contributed by atoms with E-state index in [-0.39, 0.29) is 29.4 Å². The third-order valence-corrected chi connectivity index (χ3v) is 6.87. The molecule has 0 amide bonds. The molecule has 0 spiro atoms. The highest BCUT2D eigenvalue weighted by Gasteiger charge is 2.20. The van der Waals surface area contributed by atoms with Crippen molar-refractivity contribution in [1.82, 2.24) is 19.4 Å². The summed E-state index contributed by atoms with van der Waals surface area (Å²) in [6, 6.07) is 8.49. The van der Waals surface area contributed by atoms with Gasteiger partial charge in [0.25, 0.3) is 5.56 Å². The Bertz CT molecular complexity index is 1260. The molecule has 7 nitrogen and oxygen atoms in total. The first-order valence-electron chi connectivity index (χ1n) is 12.3. The van der Waals surface area contributed by atoms with Gasteiger partial charge in [-0.25, -0.2) is 9.37 Å². The van der Waals surface area contributed by atoms with Crippen LogP contribution in [0.4, 0.5) is 16.0 Å². The quantitative estimate of drug-likeness (QED) is 0.517. The topological polar surface area (TPSA) is 66.3 Å². The molecule has 3 aromatic rings. The van der Waals surface area contributed by atoms with Gasteiger partial charge in [0.1, 0.15) is 11.5 Å². The smallest absolute Gasteiger partial charge is 0.252 e. The summed E-state index contributed by atoms with van der Waals surface area (Å²) in [5.41, 5.74) is 1.96. The van der Waals surface area contributed by atoms with Gasteiger partial charge in [0, 0.05) is 49.9 Å². The molecule has 1 aliphatic heterocycles. The minimum Gasteiger partial charge on any atom is -0.374 e. The summed E-state index contributed by atoms with van der Waals surface area (Å²) in [7, 11) is 0. The van der Waals surface area contributed by atoms with Gasteiger partial charge in [-0.3, -0.25) is 9.36 Å². The number of pyridine rings is 1. The normalized spacial score (nSPS) is 16.3. The Balaban J connectivity index is 1.53. The molecular weight excluding hydrogens is 443 g/mol. The second-order valence-electron chi connectivity index (χ2n) is 9.58. The fourth-order valence-electron chi connectivity index (χ4n) is 4.45. The van der Waals surface area contributed by atoms with E-state index in [0.717, 1.165) is 37.1 Å². The average Bonchev–Trinajstić information content (AvgIpc) is 2.84. The van der Waals surface area contributed by atoms with Crippen LogP contribution in [0.1, 0.15) is 52.3 Å². The van der Waals surface area contributed by atoms with Crippen molar-refractivity contribution in [2.45, 2.75) is 46.7 Å².